The second kappa shape index (κ2) is 8.99. The number of nitrogens with two attached hydrogens (primary N) is 1. The van der Waals surface area contributed by atoms with Gasteiger partial charge in [0.15, 0.2) is 0 Å². The molecule has 0 saturated carbocycles. The molecule has 22 heavy (non-hydrogen) atoms. The van der Waals surface area contributed by atoms with E-state index in [0.29, 0.717) is 23.9 Å². The van der Waals surface area contributed by atoms with Gasteiger partial charge >= 0.3 is 0 Å². The van der Waals surface area contributed by atoms with Gasteiger partial charge in [-0.1, -0.05) is 6.07 Å². The lowest BCUT2D eigenvalue weighted by atomic mass is 9.99. The van der Waals surface area contributed by atoms with Gasteiger partial charge in [-0.05, 0) is 37.0 Å². The minimum atomic E-state index is -0.00908. The van der Waals surface area contributed by atoms with Gasteiger partial charge < -0.3 is 10.6 Å². The van der Waals surface area contributed by atoms with Crippen LogP contribution in [0.5, 0.6) is 0 Å². The van der Waals surface area contributed by atoms with Gasteiger partial charge in [-0.15, -0.1) is 23.2 Å². The number of carbonyl (C=O) groups is 1. The summed E-state index contributed by atoms with van der Waals surface area (Å²) >= 11 is 10.1. The van der Waals surface area contributed by atoms with Gasteiger partial charge in [-0.2, -0.15) is 5.26 Å². The number of anilines is 1. The quantitative estimate of drug-likeness (QED) is 0.859. The Morgan fingerprint density at radius 2 is 2.09 bits per heavy atom. The molecule has 0 fully saturated rings. The van der Waals surface area contributed by atoms with Crippen LogP contribution in [0.4, 0.5) is 5.69 Å². The largest absolute Gasteiger partial charge is 0.328 e. The van der Waals surface area contributed by atoms with Crippen molar-refractivity contribution in [1.82, 2.24) is 0 Å². The molecule has 0 aromatic heterocycles. The molecule has 1 aromatic rings. The number of hydrogen-bond donors (Lipinski definition) is 1. The van der Waals surface area contributed by atoms with Crippen molar-refractivity contribution in [3.05, 3.63) is 28.8 Å². The minimum Gasteiger partial charge on any atom is -0.328 e. The van der Waals surface area contributed by atoms with Crippen molar-refractivity contribution in [1.29, 1.82) is 5.26 Å². The molecule has 1 aliphatic heterocycles. The van der Waals surface area contributed by atoms with Crippen LogP contribution in [0.1, 0.15) is 30.5 Å². The molecule has 1 atom stereocenters. The Labute approximate surface area is 141 Å². The van der Waals surface area contributed by atoms with Crippen LogP contribution in [0.15, 0.2) is 12.1 Å². The van der Waals surface area contributed by atoms with E-state index in [0.717, 1.165) is 29.7 Å². The molecule has 4 nitrogen and oxygen atoms in total. The monoisotopic (exact) mass is 341 g/mol. The van der Waals surface area contributed by atoms with Crippen molar-refractivity contribution >= 4 is 34.8 Å². The lowest BCUT2D eigenvalue weighted by molar-refractivity contribution is -0.116. The fourth-order valence-corrected chi connectivity index (χ4v) is 2.50. The summed E-state index contributed by atoms with van der Waals surface area (Å²) in [6.07, 6.45) is 1.57. The molecule has 1 amide bonds. The van der Waals surface area contributed by atoms with Gasteiger partial charge in [0, 0.05) is 31.3 Å². The Hall–Kier alpha value is -1.28. The van der Waals surface area contributed by atoms with E-state index in [1.807, 2.05) is 13.0 Å². The molecular weight excluding hydrogens is 321 g/mol. The number of nitriles is 1. The summed E-state index contributed by atoms with van der Waals surface area (Å²) in [7, 11) is 0. The SMILES string of the molecule is CC(=O)N1CCc2cc(CC(C)N)cc(C#N)c21.ClCCCl. The van der Waals surface area contributed by atoms with E-state index < -0.39 is 0 Å². The molecule has 6 heteroatoms. The minimum absolute atomic E-state index is 0.00908. The lowest BCUT2D eigenvalue weighted by Gasteiger charge is -2.17. The summed E-state index contributed by atoms with van der Waals surface area (Å²) in [4.78, 5) is 13.2. The molecule has 0 saturated heterocycles. The first-order valence-electron chi connectivity index (χ1n) is 7.16. The van der Waals surface area contributed by atoms with Crippen LogP contribution in [0.25, 0.3) is 0 Å². The first kappa shape index (κ1) is 18.8. The smallest absolute Gasteiger partial charge is 0.223 e. The van der Waals surface area contributed by atoms with Crippen molar-refractivity contribution in [2.24, 2.45) is 5.73 Å². The Bertz CT molecular complexity index is 565. The van der Waals surface area contributed by atoms with Crippen LogP contribution in [0.3, 0.4) is 0 Å². The first-order chi connectivity index (χ1) is 10.4. The van der Waals surface area contributed by atoms with Crippen LogP contribution in [-0.2, 0) is 17.6 Å². The van der Waals surface area contributed by atoms with E-state index in [9.17, 15) is 10.1 Å². The summed E-state index contributed by atoms with van der Waals surface area (Å²) in [5, 5.41) is 9.24. The van der Waals surface area contributed by atoms with Crippen molar-refractivity contribution in [3.63, 3.8) is 0 Å². The number of hydrogen-bond acceptors (Lipinski definition) is 3. The molecule has 0 aliphatic carbocycles. The van der Waals surface area contributed by atoms with E-state index in [1.54, 1.807) is 4.90 Å². The number of alkyl halides is 2. The highest BCUT2D eigenvalue weighted by atomic mass is 35.5. The van der Waals surface area contributed by atoms with Gasteiger partial charge in [0.2, 0.25) is 5.91 Å². The number of carbonyl (C=O) groups excluding carboxylic acids is 1. The molecule has 2 N–H and O–H groups in total. The predicted molar refractivity (Wildman–Crippen MR) is 91.7 cm³/mol. The maximum atomic E-state index is 11.5. The highest BCUT2D eigenvalue weighted by molar-refractivity contribution is 6.25. The number of benzene rings is 1. The number of halogens is 2. The maximum Gasteiger partial charge on any atom is 0.223 e. The Morgan fingerprint density at radius 1 is 1.45 bits per heavy atom. The van der Waals surface area contributed by atoms with E-state index in [4.69, 9.17) is 28.9 Å². The maximum absolute atomic E-state index is 11.5. The van der Waals surface area contributed by atoms with Crippen LogP contribution in [-0.4, -0.2) is 30.3 Å². The van der Waals surface area contributed by atoms with E-state index in [1.165, 1.54) is 6.92 Å². The van der Waals surface area contributed by atoms with Crippen molar-refractivity contribution in [2.75, 3.05) is 23.2 Å². The molecule has 120 valence electrons. The fourth-order valence-electron chi connectivity index (χ4n) is 2.50. The van der Waals surface area contributed by atoms with Crippen LogP contribution < -0.4 is 10.6 Å². The Morgan fingerprint density at radius 3 is 2.55 bits per heavy atom. The normalized spacial score (nSPS) is 13.7. The van der Waals surface area contributed by atoms with Crippen LogP contribution in [0, 0.1) is 11.3 Å². The Balaban J connectivity index is 0.000000541. The molecule has 1 aliphatic rings. The van der Waals surface area contributed by atoms with Gasteiger partial charge in [-0.25, -0.2) is 0 Å². The molecule has 0 spiro atoms. The highest BCUT2D eigenvalue weighted by Crippen LogP contribution is 2.33. The predicted octanol–water partition coefficient (Wildman–Crippen LogP) is 2.82. The zero-order valence-corrected chi connectivity index (χ0v) is 14.4. The summed E-state index contributed by atoms with van der Waals surface area (Å²) in [6, 6.07) is 6.18. The van der Waals surface area contributed by atoms with Crippen molar-refractivity contribution in [2.45, 2.75) is 32.7 Å². The first-order valence-corrected chi connectivity index (χ1v) is 8.23. The van der Waals surface area contributed by atoms with Crippen molar-refractivity contribution in [3.8, 4) is 6.07 Å². The van der Waals surface area contributed by atoms with Crippen LogP contribution >= 0.6 is 23.2 Å². The Kier molecular flexibility index (Phi) is 7.67. The third-order valence-electron chi connectivity index (χ3n) is 3.25. The van der Waals surface area contributed by atoms with Crippen LogP contribution in [0.2, 0.25) is 0 Å². The topological polar surface area (TPSA) is 70.1 Å². The molecule has 0 bridgehead atoms. The second-order valence-electron chi connectivity index (χ2n) is 5.24. The number of amides is 1. The molecule has 1 unspecified atom stereocenters. The number of fused-ring (bicyclic) bond motifs is 1. The van der Waals surface area contributed by atoms with E-state index >= 15 is 0 Å². The van der Waals surface area contributed by atoms with Crippen molar-refractivity contribution < 1.29 is 4.79 Å². The van der Waals surface area contributed by atoms with Gasteiger partial charge in [0.1, 0.15) is 6.07 Å². The molecule has 0 radical (unpaired) electrons. The third kappa shape index (κ3) is 4.88. The lowest BCUT2D eigenvalue weighted by Crippen LogP contribution is -2.26. The summed E-state index contributed by atoms with van der Waals surface area (Å²) in [5.41, 5.74) is 9.32. The molecule has 1 heterocycles. The van der Waals surface area contributed by atoms with Gasteiger partial charge in [0.25, 0.3) is 0 Å². The number of nitrogens with zero attached hydrogens (tertiary/aromatic N) is 2. The zero-order chi connectivity index (χ0) is 16.7. The van der Waals surface area contributed by atoms with Gasteiger partial charge in [-0.3, -0.25) is 4.79 Å². The standard InChI is InChI=1S/C14H17N3O.C2H4Cl2/c1-9(16)5-11-6-12-3-4-17(10(2)18)14(12)13(7-11)8-15;3-1-2-4/h6-7,9H,3-5,16H2,1-2H3;1-2H2. The second-order valence-corrected chi connectivity index (χ2v) is 6.00. The average Bonchev–Trinajstić information content (AvgIpc) is 2.90. The molecular formula is C16H21Cl2N3O. The van der Waals surface area contributed by atoms with E-state index in [2.05, 4.69) is 12.1 Å². The average molecular weight is 342 g/mol. The summed E-state index contributed by atoms with van der Waals surface area (Å²) in [5.74, 6) is 1.11. The molecule has 2 rings (SSSR count). The summed E-state index contributed by atoms with van der Waals surface area (Å²) < 4.78 is 0. The third-order valence-corrected chi connectivity index (χ3v) is 3.82. The fraction of sp³-hybridized carbons (Fsp3) is 0.500. The highest BCUT2D eigenvalue weighted by Gasteiger charge is 2.26. The van der Waals surface area contributed by atoms with Gasteiger partial charge in [0.05, 0.1) is 11.3 Å². The summed E-state index contributed by atoms with van der Waals surface area (Å²) in [6.45, 7) is 4.15. The van der Waals surface area contributed by atoms with E-state index in [-0.39, 0.29) is 11.9 Å². The number of rotatable bonds is 3. The molecule has 1 aromatic carbocycles. The zero-order valence-electron chi connectivity index (χ0n) is 12.9.